The molecule has 2 aromatic heterocycles. The molecule has 0 fully saturated rings. The van der Waals surface area contributed by atoms with E-state index >= 15 is 0 Å². The molecule has 0 saturated heterocycles. The highest BCUT2D eigenvalue weighted by Crippen LogP contribution is 2.01. The maximum atomic E-state index is 4.18. The third-order valence-electron chi connectivity index (χ3n) is 1.71. The first-order valence-electron chi connectivity index (χ1n) is 4.25. The van der Waals surface area contributed by atoms with Crippen LogP contribution >= 0.6 is 15.9 Å². The average Bonchev–Trinajstić information content (AvgIpc) is 2.63. The number of nitrogens with zero attached hydrogens (tertiary/aromatic N) is 3. The summed E-state index contributed by atoms with van der Waals surface area (Å²) in [6.45, 7) is 0. The molecule has 0 aliphatic carbocycles. The summed E-state index contributed by atoms with van der Waals surface area (Å²) < 4.78 is 1.74. The minimum absolute atomic E-state index is 0.829. The summed E-state index contributed by atoms with van der Waals surface area (Å²) in [5.41, 5.74) is 1.66. The van der Waals surface area contributed by atoms with Crippen molar-refractivity contribution >= 4 is 21.6 Å². The van der Waals surface area contributed by atoms with Crippen LogP contribution < -0.4 is 0 Å². The predicted molar refractivity (Wildman–Crippen MR) is 58.3 cm³/mol. The lowest BCUT2D eigenvalue weighted by Gasteiger charge is -1.90. The van der Waals surface area contributed by atoms with Crippen LogP contribution in [0.15, 0.2) is 24.5 Å². The summed E-state index contributed by atoms with van der Waals surface area (Å²) >= 11 is 3.32. The Morgan fingerprint density at radius 3 is 3.29 bits per heavy atom. The molecule has 0 amide bonds. The summed E-state index contributed by atoms with van der Waals surface area (Å²) in [4.78, 5) is 4.18. The minimum atomic E-state index is 0.829. The number of alkyl halides is 1. The zero-order chi connectivity index (χ0) is 9.80. The van der Waals surface area contributed by atoms with Gasteiger partial charge in [0.05, 0.1) is 6.20 Å². The highest BCUT2D eigenvalue weighted by Gasteiger charge is 1.98. The Labute approximate surface area is 90.3 Å². The second kappa shape index (κ2) is 4.25. The summed E-state index contributed by atoms with van der Waals surface area (Å²) in [7, 11) is 0. The van der Waals surface area contributed by atoms with E-state index in [0.717, 1.165) is 23.1 Å². The molecule has 70 valence electrons. The molecule has 2 heterocycles. The van der Waals surface area contributed by atoms with Crippen LogP contribution in [0.1, 0.15) is 12.1 Å². The van der Waals surface area contributed by atoms with Crippen molar-refractivity contribution in [2.75, 3.05) is 5.33 Å². The predicted octanol–water partition coefficient (Wildman–Crippen LogP) is 1.87. The van der Waals surface area contributed by atoms with Gasteiger partial charge in [0.2, 0.25) is 0 Å². The minimum Gasteiger partial charge on any atom is -0.234 e. The number of aromatic nitrogens is 3. The number of halogens is 1. The largest absolute Gasteiger partial charge is 0.234 e. The van der Waals surface area contributed by atoms with Gasteiger partial charge >= 0.3 is 0 Å². The average molecular weight is 250 g/mol. The summed E-state index contributed by atoms with van der Waals surface area (Å²) in [6, 6.07) is 3.76. The van der Waals surface area contributed by atoms with E-state index in [1.165, 1.54) is 0 Å². The van der Waals surface area contributed by atoms with E-state index in [-0.39, 0.29) is 0 Å². The van der Waals surface area contributed by atoms with Crippen LogP contribution in [0.25, 0.3) is 5.65 Å². The van der Waals surface area contributed by atoms with Gasteiger partial charge in [-0.2, -0.15) is 5.10 Å². The highest BCUT2D eigenvalue weighted by atomic mass is 79.9. The van der Waals surface area contributed by atoms with E-state index < -0.39 is 0 Å². The number of imidazole rings is 1. The normalized spacial score (nSPS) is 9.79. The molecule has 14 heavy (non-hydrogen) atoms. The van der Waals surface area contributed by atoms with Crippen LogP contribution in [0, 0.1) is 11.8 Å². The van der Waals surface area contributed by atoms with Crippen molar-refractivity contribution in [1.82, 2.24) is 14.6 Å². The molecule has 0 N–H and O–H groups in total. The van der Waals surface area contributed by atoms with Gasteiger partial charge in [0.15, 0.2) is 5.65 Å². The number of rotatable bonds is 1. The zero-order valence-electron chi connectivity index (χ0n) is 7.44. The SMILES string of the molecule is BrCCC#Cc1cnc2cccnn12. The molecule has 2 aromatic rings. The smallest absolute Gasteiger partial charge is 0.154 e. The van der Waals surface area contributed by atoms with E-state index in [1.54, 1.807) is 16.9 Å². The fourth-order valence-electron chi connectivity index (χ4n) is 1.11. The van der Waals surface area contributed by atoms with Crippen LogP contribution in [0.3, 0.4) is 0 Å². The first-order valence-corrected chi connectivity index (χ1v) is 5.37. The molecule has 4 heteroatoms. The van der Waals surface area contributed by atoms with E-state index in [0.29, 0.717) is 0 Å². The van der Waals surface area contributed by atoms with Crippen LogP contribution in [0.5, 0.6) is 0 Å². The Bertz CT molecular complexity index is 493. The fraction of sp³-hybridized carbons (Fsp3) is 0.200. The van der Waals surface area contributed by atoms with Crippen LogP contribution in [0.4, 0.5) is 0 Å². The lowest BCUT2D eigenvalue weighted by molar-refractivity contribution is 0.923. The van der Waals surface area contributed by atoms with Gasteiger partial charge in [-0.15, -0.1) is 0 Å². The third kappa shape index (κ3) is 1.78. The van der Waals surface area contributed by atoms with Gasteiger partial charge in [-0.1, -0.05) is 21.9 Å². The van der Waals surface area contributed by atoms with Gasteiger partial charge in [-0.3, -0.25) is 0 Å². The highest BCUT2D eigenvalue weighted by molar-refractivity contribution is 9.09. The fourth-order valence-corrected chi connectivity index (χ4v) is 1.31. The van der Waals surface area contributed by atoms with Crippen molar-refractivity contribution in [2.24, 2.45) is 0 Å². The van der Waals surface area contributed by atoms with Crippen molar-refractivity contribution in [3.05, 3.63) is 30.2 Å². The zero-order valence-corrected chi connectivity index (χ0v) is 9.03. The first kappa shape index (κ1) is 9.22. The molecule has 0 aliphatic heterocycles. The Kier molecular flexibility index (Phi) is 2.80. The van der Waals surface area contributed by atoms with Gasteiger partial charge in [-0.05, 0) is 18.1 Å². The number of hydrogen-bond donors (Lipinski definition) is 0. The van der Waals surface area contributed by atoms with Gasteiger partial charge in [0, 0.05) is 17.9 Å². The van der Waals surface area contributed by atoms with Crippen molar-refractivity contribution in [3.63, 3.8) is 0 Å². The van der Waals surface area contributed by atoms with Gasteiger partial charge in [-0.25, -0.2) is 9.50 Å². The van der Waals surface area contributed by atoms with E-state index in [4.69, 9.17) is 0 Å². The monoisotopic (exact) mass is 249 g/mol. The molecule has 0 aromatic carbocycles. The molecular formula is C10H8BrN3. The Morgan fingerprint density at radius 2 is 2.43 bits per heavy atom. The molecular weight excluding hydrogens is 242 g/mol. The molecule has 0 unspecified atom stereocenters. The van der Waals surface area contributed by atoms with E-state index in [1.807, 2.05) is 12.1 Å². The van der Waals surface area contributed by atoms with Crippen LogP contribution in [-0.2, 0) is 0 Å². The van der Waals surface area contributed by atoms with Crippen molar-refractivity contribution in [1.29, 1.82) is 0 Å². The lowest BCUT2D eigenvalue weighted by atomic mass is 10.4. The third-order valence-corrected chi connectivity index (χ3v) is 2.11. The van der Waals surface area contributed by atoms with Crippen LogP contribution in [-0.4, -0.2) is 19.9 Å². The summed E-state index contributed by atoms with van der Waals surface area (Å²) in [5, 5.41) is 5.05. The van der Waals surface area contributed by atoms with E-state index in [9.17, 15) is 0 Å². The molecule has 0 bridgehead atoms. The quantitative estimate of drug-likeness (QED) is 0.571. The molecule has 0 atom stereocenters. The number of fused-ring (bicyclic) bond motifs is 1. The maximum Gasteiger partial charge on any atom is 0.154 e. The van der Waals surface area contributed by atoms with Crippen molar-refractivity contribution < 1.29 is 0 Å². The summed E-state index contributed by atoms with van der Waals surface area (Å²) in [6.07, 6.45) is 4.30. The second-order valence-electron chi connectivity index (χ2n) is 2.68. The van der Waals surface area contributed by atoms with Crippen molar-refractivity contribution in [3.8, 4) is 11.8 Å². The molecule has 3 nitrogen and oxygen atoms in total. The lowest BCUT2D eigenvalue weighted by Crippen LogP contribution is -1.92. The molecule has 0 radical (unpaired) electrons. The Hall–Kier alpha value is -1.34. The molecule has 0 saturated carbocycles. The van der Waals surface area contributed by atoms with Gasteiger partial charge in [0.25, 0.3) is 0 Å². The molecule has 0 spiro atoms. The summed E-state index contributed by atoms with van der Waals surface area (Å²) in [5.74, 6) is 6.06. The molecule has 2 rings (SSSR count). The number of hydrogen-bond acceptors (Lipinski definition) is 2. The maximum absolute atomic E-state index is 4.18. The molecule has 0 aliphatic rings. The van der Waals surface area contributed by atoms with Gasteiger partial charge in [0.1, 0.15) is 5.69 Å². The Balaban J connectivity index is 2.40. The second-order valence-corrected chi connectivity index (χ2v) is 3.47. The van der Waals surface area contributed by atoms with Crippen molar-refractivity contribution in [2.45, 2.75) is 6.42 Å². The topological polar surface area (TPSA) is 30.2 Å². The Morgan fingerprint density at radius 1 is 1.50 bits per heavy atom. The van der Waals surface area contributed by atoms with Crippen LogP contribution in [0.2, 0.25) is 0 Å². The first-order chi connectivity index (χ1) is 6.92. The van der Waals surface area contributed by atoms with Gasteiger partial charge < -0.3 is 0 Å². The van der Waals surface area contributed by atoms with E-state index in [2.05, 4.69) is 37.9 Å². The standard InChI is InChI=1S/C10H8BrN3/c11-6-2-1-4-9-8-12-10-5-3-7-13-14(9)10/h3,5,7-8H,2,6H2.